The van der Waals surface area contributed by atoms with Crippen LogP contribution >= 0.6 is 0 Å². The van der Waals surface area contributed by atoms with Crippen molar-refractivity contribution >= 4 is 11.8 Å². The second kappa shape index (κ2) is 6.52. The van der Waals surface area contributed by atoms with Crippen LogP contribution in [0.5, 0.6) is 0 Å². The van der Waals surface area contributed by atoms with Crippen molar-refractivity contribution in [2.45, 2.75) is 37.5 Å². The minimum atomic E-state index is -0.372. The van der Waals surface area contributed by atoms with Gasteiger partial charge < -0.3 is 19.7 Å². The molecule has 136 valence electrons. The molecule has 2 aliphatic heterocycles. The molecule has 5 rings (SSSR count). The summed E-state index contributed by atoms with van der Waals surface area (Å²) in [5, 5.41) is 3.53. The first-order chi connectivity index (χ1) is 12.8. The molecule has 1 aromatic carbocycles. The van der Waals surface area contributed by atoms with Crippen molar-refractivity contribution in [3.8, 4) is 11.3 Å². The van der Waals surface area contributed by atoms with E-state index in [4.69, 9.17) is 19.4 Å². The predicted molar refractivity (Wildman–Crippen MR) is 100 cm³/mol. The van der Waals surface area contributed by atoms with E-state index in [2.05, 4.69) is 28.4 Å². The predicted octanol–water partition coefficient (Wildman–Crippen LogP) is 3.06. The Balaban J connectivity index is 1.42. The largest absolute Gasteiger partial charge is 0.367 e. The molecule has 3 aliphatic rings. The summed E-state index contributed by atoms with van der Waals surface area (Å²) in [6.45, 7) is 3.10. The molecule has 1 aliphatic carbocycles. The van der Waals surface area contributed by atoms with Gasteiger partial charge in [0.05, 0.1) is 18.9 Å². The molecule has 1 saturated carbocycles. The van der Waals surface area contributed by atoms with Crippen LogP contribution in [0.3, 0.4) is 0 Å². The summed E-state index contributed by atoms with van der Waals surface area (Å²) in [7, 11) is 0. The van der Waals surface area contributed by atoms with Crippen molar-refractivity contribution in [3.05, 3.63) is 36.4 Å². The second-order valence-electron chi connectivity index (χ2n) is 7.32. The number of hydrogen-bond acceptors (Lipinski definition) is 6. The summed E-state index contributed by atoms with van der Waals surface area (Å²) in [6.07, 6.45) is 4.16. The van der Waals surface area contributed by atoms with Crippen LogP contribution in [0.1, 0.15) is 25.7 Å². The Hall–Kier alpha value is -2.18. The maximum absolute atomic E-state index is 5.84. The van der Waals surface area contributed by atoms with E-state index >= 15 is 0 Å². The van der Waals surface area contributed by atoms with E-state index in [0.717, 1.165) is 49.0 Å². The van der Waals surface area contributed by atoms with E-state index in [1.807, 2.05) is 18.2 Å². The highest BCUT2D eigenvalue weighted by Crippen LogP contribution is 2.34. The highest BCUT2D eigenvalue weighted by atomic mass is 16.7. The highest BCUT2D eigenvalue weighted by Gasteiger charge is 2.40. The molecule has 3 fully saturated rings. The van der Waals surface area contributed by atoms with Crippen molar-refractivity contribution in [2.75, 3.05) is 36.5 Å². The lowest BCUT2D eigenvalue weighted by molar-refractivity contribution is -0.169. The van der Waals surface area contributed by atoms with Crippen molar-refractivity contribution in [2.24, 2.45) is 0 Å². The summed E-state index contributed by atoms with van der Waals surface area (Å²) in [5.41, 5.74) is 2.08. The van der Waals surface area contributed by atoms with Crippen molar-refractivity contribution in [1.29, 1.82) is 0 Å². The van der Waals surface area contributed by atoms with Crippen LogP contribution < -0.4 is 10.2 Å². The number of ether oxygens (including phenoxy) is 2. The summed E-state index contributed by atoms with van der Waals surface area (Å²) >= 11 is 0. The van der Waals surface area contributed by atoms with Gasteiger partial charge in [-0.05, 0) is 12.8 Å². The molecule has 1 N–H and O–H groups in total. The number of piperidine rings is 1. The lowest BCUT2D eigenvalue weighted by Crippen LogP contribution is -2.45. The minimum absolute atomic E-state index is 0.372. The monoisotopic (exact) mass is 352 g/mol. The van der Waals surface area contributed by atoms with Gasteiger partial charge in [-0.2, -0.15) is 4.98 Å². The van der Waals surface area contributed by atoms with E-state index in [0.29, 0.717) is 19.3 Å². The van der Waals surface area contributed by atoms with Gasteiger partial charge in [-0.25, -0.2) is 4.98 Å². The topological polar surface area (TPSA) is 59.5 Å². The Morgan fingerprint density at radius 3 is 2.42 bits per heavy atom. The van der Waals surface area contributed by atoms with Crippen LogP contribution in [-0.2, 0) is 9.47 Å². The van der Waals surface area contributed by atoms with Crippen LogP contribution in [0.15, 0.2) is 36.4 Å². The highest BCUT2D eigenvalue weighted by molar-refractivity contribution is 5.64. The van der Waals surface area contributed by atoms with Crippen LogP contribution in [-0.4, -0.2) is 48.1 Å². The molecule has 0 unspecified atom stereocenters. The Morgan fingerprint density at radius 1 is 1.00 bits per heavy atom. The number of benzene rings is 1. The smallest absolute Gasteiger partial charge is 0.227 e. The van der Waals surface area contributed by atoms with Gasteiger partial charge in [0, 0.05) is 43.6 Å². The number of hydrogen-bond donors (Lipinski definition) is 1. The van der Waals surface area contributed by atoms with Gasteiger partial charge in [0.15, 0.2) is 5.79 Å². The Morgan fingerprint density at radius 2 is 1.73 bits per heavy atom. The molecule has 6 nitrogen and oxygen atoms in total. The molecule has 0 radical (unpaired) electrons. The van der Waals surface area contributed by atoms with Crippen LogP contribution in [0.25, 0.3) is 11.3 Å². The van der Waals surface area contributed by atoms with E-state index in [-0.39, 0.29) is 5.79 Å². The lowest BCUT2D eigenvalue weighted by atomic mass is 10.0. The average Bonchev–Trinajstić information content (AvgIpc) is 3.39. The molecule has 2 aromatic rings. The maximum Gasteiger partial charge on any atom is 0.227 e. The summed E-state index contributed by atoms with van der Waals surface area (Å²) in [5.74, 6) is 1.34. The first-order valence-electron chi connectivity index (χ1n) is 9.54. The van der Waals surface area contributed by atoms with Crippen molar-refractivity contribution in [3.63, 3.8) is 0 Å². The number of rotatable bonds is 4. The molecule has 26 heavy (non-hydrogen) atoms. The molecule has 0 atom stereocenters. The number of anilines is 2. The number of aromatic nitrogens is 2. The third-order valence-electron chi connectivity index (χ3n) is 5.33. The SMILES string of the molecule is c1ccc(-c2cc(NC3CC3)nc(N3CCC4(CC3)OCCO4)n2)cc1. The Kier molecular flexibility index (Phi) is 4.02. The van der Waals surface area contributed by atoms with Crippen molar-refractivity contribution < 1.29 is 9.47 Å². The van der Waals surface area contributed by atoms with Gasteiger partial charge in [-0.3, -0.25) is 0 Å². The zero-order valence-corrected chi connectivity index (χ0v) is 14.9. The quantitative estimate of drug-likeness (QED) is 0.913. The molecule has 0 amide bonds. The molecule has 2 saturated heterocycles. The standard InChI is InChI=1S/C20H24N4O2/c1-2-4-15(5-3-1)17-14-18(21-16-6-7-16)23-19(22-17)24-10-8-20(9-11-24)25-12-13-26-20/h1-5,14,16H,6-13H2,(H,21,22,23). The minimum Gasteiger partial charge on any atom is -0.367 e. The number of nitrogens with zero attached hydrogens (tertiary/aromatic N) is 3. The second-order valence-corrected chi connectivity index (χ2v) is 7.32. The van der Waals surface area contributed by atoms with E-state index < -0.39 is 0 Å². The van der Waals surface area contributed by atoms with Crippen LogP contribution in [0, 0.1) is 0 Å². The van der Waals surface area contributed by atoms with Gasteiger partial charge in [0.2, 0.25) is 5.95 Å². The van der Waals surface area contributed by atoms with Gasteiger partial charge >= 0.3 is 0 Å². The summed E-state index contributed by atoms with van der Waals surface area (Å²) in [6, 6.07) is 12.9. The molecule has 1 spiro atoms. The third-order valence-corrected chi connectivity index (χ3v) is 5.33. The Bertz CT molecular complexity index is 763. The fourth-order valence-electron chi connectivity index (χ4n) is 3.68. The van der Waals surface area contributed by atoms with Gasteiger partial charge in [-0.1, -0.05) is 30.3 Å². The first kappa shape index (κ1) is 16.0. The molecular formula is C20H24N4O2. The maximum atomic E-state index is 5.84. The van der Waals surface area contributed by atoms with Gasteiger partial charge in [-0.15, -0.1) is 0 Å². The Labute approximate surface area is 153 Å². The lowest BCUT2D eigenvalue weighted by Gasteiger charge is -2.37. The van der Waals surface area contributed by atoms with E-state index in [1.165, 1.54) is 12.8 Å². The normalized spacial score (nSPS) is 21.9. The fourth-order valence-corrected chi connectivity index (χ4v) is 3.68. The van der Waals surface area contributed by atoms with E-state index in [9.17, 15) is 0 Å². The molecule has 1 aromatic heterocycles. The zero-order valence-electron chi connectivity index (χ0n) is 14.9. The summed E-state index contributed by atoms with van der Waals surface area (Å²) in [4.78, 5) is 11.9. The zero-order chi connectivity index (χ0) is 17.4. The molecule has 0 bridgehead atoms. The summed E-state index contributed by atoms with van der Waals surface area (Å²) < 4.78 is 11.7. The average molecular weight is 352 g/mol. The third kappa shape index (κ3) is 3.27. The van der Waals surface area contributed by atoms with Gasteiger partial charge in [0.25, 0.3) is 0 Å². The fraction of sp³-hybridized carbons (Fsp3) is 0.500. The van der Waals surface area contributed by atoms with E-state index in [1.54, 1.807) is 0 Å². The first-order valence-corrected chi connectivity index (χ1v) is 9.54. The molecular weight excluding hydrogens is 328 g/mol. The molecule has 3 heterocycles. The van der Waals surface area contributed by atoms with Crippen LogP contribution in [0.2, 0.25) is 0 Å². The number of nitrogens with one attached hydrogen (secondary N) is 1. The van der Waals surface area contributed by atoms with Crippen LogP contribution in [0.4, 0.5) is 11.8 Å². The molecule has 6 heteroatoms. The van der Waals surface area contributed by atoms with Crippen molar-refractivity contribution in [1.82, 2.24) is 9.97 Å². The van der Waals surface area contributed by atoms with Gasteiger partial charge in [0.1, 0.15) is 5.82 Å².